The van der Waals surface area contributed by atoms with Crippen LogP contribution in [0, 0.1) is 0 Å². The Balaban J connectivity index is 0. The Morgan fingerprint density at radius 3 is 1.50 bits per heavy atom. The summed E-state index contributed by atoms with van der Waals surface area (Å²) in [5.41, 5.74) is 4.91. The first kappa shape index (κ1) is 17.6. The zero-order valence-electron chi connectivity index (χ0n) is 8.89. The minimum Gasteiger partial charge on any atom is -0.480 e. The van der Waals surface area contributed by atoms with Gasteiger partial charge < -0.3 is 36.4 Å². The van der Waals surface area contributed by atoms with Gasteiger partial charge in [0, 0.05) is 0 Å². The highest BCUT2D eigenvalue weighted by Gasteiger charge is 2.16. The maximum absolute atomic E-state index is 9.86. The van der Waals surface area contributed by atoms with Gasteiger partial charge in [-0.1, -0.05) is 0 Å². The van der Waals surface area contributed by atoms with Crippen LogP contribution in [0.1, 0.15) is 6.92 Å². The molecule has 0 aliphatic heterocycles. The quantitative estimate of drug-likeness (QED) is 0.260. The summed E-state index contributed by atoms with van der Waals surface area (Å²) in [6.45, 7) is 0.280. The van der Waals surface area contributed by atoms with E-state index >= 15 is 0 Å². The van der Waals surface area contributed by atoms with Gasteiger partial charge in [-0.15, -0.1) is 0 Å². The van der Waals surface area contributed by atoms with E-state index in [0.717, 1.165) is 0 Å². The van der Waals surface area contributed by atoms with Crippen LogP contribution >= 0.6 is 0 Å². The number of carboxylic acids is 1. The number of carboxylic acid groups (broad SMARTS) is 1. The third-order valence-corrected chi connectivity index (χ3v) is 1.62. The molecule has 0 bridgehead atoms. The van der Waals surface area contributed by atoms with Crippen molar-refractivity contribution in [2.75, 3.05) is 13.2 Å². The third kappa shape index (κ3) is 8.53. The number of hydrogen-bond acceptors (Lipinski definition) is 7. The summed E-state index contributed by atoms with van der Waals surface area (Å²) in [7, 11) is 0. The Labute approximate surface area is 92.6 Å². The van der Waals surface area contributed by atoms with Crippen molar-refractivity contribution in [3.8, 4) is 0 Å². The molecule has 0 radical (unpaired) electrons. The van der Waals surface area contributed by atoms with E-state index in [0.29, 0.717) is 0 Å². The summed E-state index contributed by atoms with van der Waals surface area (Å²) in [5.74, 6) is -1.18. The molecule has 0 spiro atoms. The van der Waals surface area contributed by atoms with E-state index < -0.39 is 43.5 Å². The molecular formula is C8H19NO7. The zero-order chi connectivity index (χ0) is 13.3. The number of rotatable bonds is 5. The predicted molar refractivity (Wildman–Crippen MR) is 53.5 cm³/mol. The van der Waals surface area contributed by atoms with Crippen LogP contribution in [-0.4, -0.2) is 74.2 Å². The van der Waals surface area contributed by atoms with Gasteiger partial charge in [0.05, 0.1) is 19.3 Å². The molecular weight excluding hydrogens is 222 g/mol. The summed E-state index contributed by atoms with van der Waals surface area (Å²) in [5, 5.41) is 49.7. The van der Waals surface area contributed by atoms with Crippen molar-refractivity contribution >= 4 is 5.97 Å². The summed E-state index contributed by atoms with van der Waals surface area (Å²) in [6, 6.07) is -1.16. The van der Waals surface area contributed by atoms with E-state index in [-0.39, 0.29) is 0 Å². The van der Waals surface area contributed by atoms with Crippen molar-refractivity contribution in [1.82, 2.24) is 0 Å². The van der Waals surface area contributed by atoms with Crippen LogP contribution in [-0.2, 0) is 4.79 Å². The number of hydrogen-bond donors (Lipinski definition) is 7. The SMILES string of the molecule is CC(O)C(N)C(=O)O.OC[C@@H](O)[C@@H](O)CO. The van der Waals surface area contributed by atoms with Crippen LogP contribution in [0.25, 0.3) is 0 Å². The smallest absolute Gasteiger partial charge is 0.323 e. The van der Waals surface area contributed by atoms with Crippen molar-refractivity contribution in [2.24, 2.45) is 5.73 Å². The third-order valence-electron chi connectivity index (χ3n) is 1.62. The fraction of sp³-hybridized carbons (Fsp3) is 0.875. The monoisotopic (exact) mass is 241 g/mol. The minimum absolute atomic E-state index is 0.526. The molecule has 2 unspecified atom stereocenters. The van der Waals surface area contributed by atoms with Crippen LogP contribution in [0.5, 0.6) is 0 Å². The second kappa shape index (κ2) is 9.46. The van der Waals surface area contributed by atoms with Crippen molar-refractivity contribution in [3.63, 3.8) is 0 Å². The van der Waals surface area contributed by atoms with Gasteiger partial charge in [0.1, 0.15) is 18.2 Å². The topological polar surface area (TPSA) is 164 Å². The lowest BCUT2D eigenvalue weighted by Crippen LogP contribution is -2.39. The molecule has 0 aliphatic carbocycles. The number of aliphatic hydroxyl groups excluding tert-OH is 5. The minimum atomic E-state index is -1.22. The molecule has 16 heavy (non-hydrogen) atoms. The highest BCUT2D eigenvalue weighted by molar-refractivity contribution is 5.73. The first-order chi connectivity index (χ1) is 7.27. The number of aliphatic hydroxyl groups is 5. The molecule has 0 saturated carbocycles. The van der Waals surface area contributed by atoms with Gasteiger partial charge >= 0.3 is 5.97 Å². The van der Waals surface area contributed by atoms with Gasteiger partial charge in [-0.05, 0) is 6.92 Å². The Morgan fingerprint density at radius 1 is 1.12 bits per heavy atom. The second-order valence-corrected chi connectivity index (χ2v) is 3.10. The molecule has 0 heterocycles. The number of nitrogens with two attached hydrogens (primary N) is 1. The lowest BCUT2D eigenvalue weighted by molar-refractivity contribution is -0.140. The summed E-state index contributed by atoms with van der Waals surface area (Å²) >= 11 is 0. The van der Waals surface area contributed by atoms with Gasteiger partial charge in [0.2, 0.25) is 0 Å². The Morgan fingerprint density at radius 2 is 1.44 bits per heavy atom. The zero-order valence-corrected chi connectivity index (χ0v) is 8.89. The van der Waals surface area contributed by atoms with Crippen LogP contribution in [0.4, 0.5) is 0 Å². The van der Waals surface area contributed by atoms with Gasteiger partial charge in [-0.3, -0.25) is 4.79 Å². The second-order valence-electron chi connectivity index (χ2n) is 3.10. The summed E-state index contributed by atoms with van der Waals surface area (Å²) in [6.07, 6.45) is -3.42. The van der Waals surface area contributed by atoms with Crippen LogP contribution in [0.3, 0.4) is 0 Å². The number of aliphatic carboxylic acids is 1. The van der Waals surface area contributed by atoms with E-state index in [1.54, 1.807) is 0 Å². The predicted octanol–water partition coefficient (Wildman–Crippen LogP) is -3.53. The van der Waals surface area contributed by atoms with E-state index in [1.807, 2.05) is 0 Å². The molecule has 0 saturated heterocycles. The van der Waals surface area contributed by atoms with Crippen molar-refractivity contribution in [3.05, 3.63) is 0 Å². The van der Waals surface area contributed by atoms with Crippen LogP contribution in [0.15, 0.2) is 0 Å². The Bertz CT molecular complexity index is 179. The molecule has 0 aromatic rings. The molecule has 8 nitrogen and oxygen atoms in total. The molecule has 4 atom stereocenters. The van der Waals surface area contributed by atoms with Crippen molar-refractivity contribution in [1.29, 1.82) is 0 Å². The van der Waals surface area contributed by atoms with Crippen LogP contribution < -0.4 is 5.73 Å². The van der Waals surface area contributed by atoms with Crippen LogP contribution in [0.2, 0.25) is 0 Å². The first-order valence-electron chi connectivity index (χ1n) is 4.52. The molecule has 0 fully saturated rings. The standard InChI is InChI=1S/C4H9NO3.C4H10O4/c1-2(6)3(5)4(7)8;5-1-3(7)4(8)2-6/h2-3,6H,5H2,1H3,(H,7,8);3-8H,1-2H2/t;3-,4+. The lowest BCUT2D eigenvalue weighted by atomic mass is 10.2. The maximum atomic E-state index is 9.86. The van der Waals surface area contributed by atoms with Crippen molar-refractivity contribution < 1.29 is 35.4 Å². The number of carbonyl (C=O) groups is 1. The van der Waals surface area contributed by atoms with Gasteiger partial charge in [-0.2, -0.15) is 0 Å². The van der Waals surface area contributed by atoms with E-state index in [9.17, 15) is 4.79 Å². The molecule has 8 N–H and O–H groups in total. The fourth-order valence-corrected chi connectivity index (χ4v) is 0.450. The fourth-order valence-electron chi connectivity index (χ4n) is 0.450. The maximum Gasteiger partial charge on any atom is 0.323 e. The lowest BCUT2D eigenvalue weighted by Gasteiger charge is -2.10. The molecule has 0 rings (SSSR count). The largest absolute Gasteiger partial charge is 0.480 e. The molecule has 0 aromatic heterocycles. The van der Waals surface area contributed by atoms with Gasteiger partial charge in [0.15, 0.2) is 0 Å². The normalized spacial score (nSPS) is 17.7. The van der Waals surface area contributed by atoms with E-state index in [1.165, 1.54) is 6.92 Å². The first-order valence-corrected chi connectivity index (χ1v) is 4.52. The summed E-state index contributed by atoms with van der Waals surface area (Å²) in [4.78, 5) is 9.86. The van der Waals surface area contributed by atoms with E-state index in [4.69, 9.17) is 36.4 Å². The van der Waals surface area contributed by atoms with Crippen molar-refractivity contribution in [2.45, 2.75) is 31.3 Å². The van der Waals surface area contributed by atoms with E-state index in [2.05, 4.69) is 0 Å². The average Bonchev–Trinajstić information content (AvgIpc) is 2.26. The van der Waals surface area contributed by atoms with Gasteiger partial charge in [0.25, 0.3) is 0 Å². The molecule has 0 aliphatic rings. The summed E-state index contributed by atoms with van der Waals surface area (Å²) < 4.78 is 0. The Kier molecular flexibility index (Phi) is 10.4. The molecule has 8 heteroatoms. The van der Waals surface area contributed by atoms with Gasteiger partial charge in [-0.25, -0.2) is 0 Å². The molecule has 0 amide bonds. The Hall–Kier alpha value is -0.770. The highest BCUT2D eigenvalue weighted by Crippen LogP contribution is 1.88. The molecule has 98 valence electrons. The molecule has 0 aromatic carbocycles. The average molecular weight is 241 g/mol. The highest BCUT2D eigenvalue weighted by atomic mass is 16.4.